The first-order valence-electron chi connectivity index (χ1n) is 8.20. The number of imidazole rings is 1. The Labute approximate surface area is 151 Å². The summed E-state index contributed by atoms with van der Waals surface area (Å²) in [5, 5.41) is 1.48. The predicted molar refractivity (Wildman–Crippen MR) is 98.0 cm³/mol. The van der Waals surface area contributed by atoms with E-state index < -0.39 is 0 Å². The number of hydrogen-bond donors (Lipinski definition) is 0. The molecule has 1 fully saturated rings. The van der Waals surface area contributed by atoms with Gasteiger partial charge in [0.1, 0.15) is 5.82 Å². The number of halogens is 2. The quantitative estimate of drug-likeness (QED) is 0.646. The molecule has 1 aliphatic heterocycles. The Morgan fingerprint density at radius 1 is 1.08 bits per heavy atom. The maximum atomic E-state index is 6.21. The van der Waals surface area contributed by atoms with Crippen LogP contribution < -0.4 is 0 Å². The molecule has 124 valence electrons. The molecule has 3 nitrogen and oxygen atoms in total. The average molecular weight is 361 g/mol. The van der Waals surface area contributed by atoms with Crippen LogP contribution in [0, 0.1) is 0 Å². The standard InChI is InChI=1S/C19H18Cl2N2O/c20-14-5-3-13(4-6-14)10-19-22-17-8-7-15(21)11-18(17)23(19)12-16-2-1-9-24-16/h3-8,11,16H,1-2,9-10,12H2. The average Bonchev–Trinajstić information content (AvgIpc) is 3.19. The van der Waals surface area contributed by atoms with Crippen LogP contribution in [0.1, 0.15) is 24.2 Å². The van der Waals surface area contributed by atoms with Gasteiger partial charge in [0.05, 0.1) is 23.7 Å². The van der Waals surface area contributed by atoms with Crippen LogP contribution >= 0.6 is 23.2 Å². The molecule has 0 amide bonds. The van der Waals surface area contributed by atoms with Crippen LogP contribution in [-0.2, 0) is 17.7 Å². The minimum Gasteiger partial charge on any atom is -0.376 e. The van der Waals surface area contributed by atoms with Crippen molar-refractivity contribution in [3.05, 3.63) is 63.9 Å². The Kier molecular flexibility index (Phi) is 4.49. The van der Waals surface area contributed by atoms with Gasteiger partial charge in [-0.2, -0.15) is 0 Å². The minimum absolute atomic E-state index is 0.255. The van der Waals surface area contributed by atoms with Gasteiger partial charge in [-0.3, -0.25) is 0 Å². The Balaban J connectivity index is 1.73. The summed E-state index contributed by atoms with van der Waals surface area (Å²) < 4.78 is 8.08. The van der Waals surface area contributed by atoms with Crippen LogP contribution in [0.2, 0.25) is 10.0 Å². The highest BCUT2D eigenvalue weighted by atomic mass is 35.5. The van der Waals surface area contributed by atoms with E-state index in [4.69, 9.17) is 32.9 Å². The zero-order valence-corrected chi connectivity index (χ0v) is 14.7. The molecule has 0 radical (unpaired) electrons. The zero-order valence-electron chi connectivity index (χ0n) is 13.2. The first-order valence-corrected chi connectivity index (χ1v) is 8.95. The van der Waals surface area contributed by atoms with E-state index in [0.29, 0.717) is 0 Å². The molecule has 0 spiro atoms. The normalized spacial score (nSPS) is 17.7. The molecular weight excluding hydrogens is 343 g/mol. The first-order chi connectivity index (χ1) is 11.7. The third-order valence-corrected chi connectivity index (χ3v) is 4.96. The number of ether oxygens (including phenoxy) is 1. The SMILES string of the molecule is Clc1ccc(Cc2nc3ccc(Cl)cc3n2CC2CCCO2)cc1. The fourth-order valence-corrected chi connectivity index (χ4v) is 3.55. The van der Waals surface area contributed by atoms with Crippen molar-refractivity contribution in [3.8, 4) is 0 Å². The Hall–Kier alpha value is -1.55. The third kappa shape index (κ3) is 3.30. The Morgan fingerprint density at radius 3 is 2.62 bits per heavy atom. The summed E-state index contributed by atoms with van der Waals surface area (Å²) in [4.78, 5) is 4.83. The second kappa shape index (κ2) is 6.75. The summed E-state index contributed by atoms with van der Waals surface area (Å²) in [6, 6.07) is 13.8. The van der Waals surface area contributed by atoms with Gasteiger partial charge in [0, 0.05) is 23.1 Å². The van der Waals surface area contributed by atoms with Gasteiger partial charge in [-0.25, -0.2) is 4.98 Å². The van der Waals surface area contributed by atoms with E-state index in [9.17, 15) is 0 Å². The topological polar surface area (TPSA) is 27.1 Å². The van der Waals surface area contributed by atoms with E-state index >= 15 is 0 Å². The van der Waals surface area contributed by atoms with Gasteiger partial charge in [-0.1, -0.05) is 35.3 Å². The van der Waals surface area contributed by atoms with Crippen LogP contribution in [0.15, 0.2) is 42.5 Å². The molecule has 4 rings (SSSR count). The summed E-state index contributed by atoms with van der Waals surface area (Å²) in [6.07, 6.45) is 3.24. The van der Waals surface area contributed by atoms with Gasteiger partial charge < -0.3 is 9.30 Å². The van der Waals surface area contributed by atoms with Crippen molar-refractivity contribution < 1.29 is 4.74 Å². The molecule has 5 heteroatoms. The summed E-state index contributed by atoms with van der Waals surface area (Å²) in [5.74, 6) is 1.03. The van der Waals surface area contributed by atoms with Crippen molar-refractivity contribution in [2.45, 2.75) is 31.9 Å². The van der Waals surface area contributed by atoms with E-state index in [0.717, 1.165) is 59.3 Å². The number of aromatic nitrogens is 2. The molecule has 1 unspecified atom stereocenters. The van der Waals surface area contributed by atoms with Crippen LogP contribution in [0.25, 0.3) is 11.0 Å². The van der Waals surface area contributed by atoms with Gasteiger partial charge >= 0.3 is 0 Å². The lowest BCUT2D eigenvalue weighted by molar-refractivity contribution is 0.0973. The second-order valence-electron chi connectivity index (χ2n) is 6.21. The van der Waals surface area contributed by atoms with Crippen LogP contribution in [-0.4, -0.2) is 22.3 Å². The molecule has 2 heterocycles. The lowest BCUT2D eigenvalue weighted by Crippen LogP contribution is -2.17. The Bertz CT molecular complexity index is 852. The van der Waals surface area contributed by atoms with E-state index in [-0.39, 0.29) is 6.10 Å². The number of hydrogen-bond acceptors (Lipinski definition) is 2. The maximum Gasteiger partial charge on any atom is 0.114 e. The van der Waals surface area contributed by atoms with Gasteiger partial charge in [0.2, 0.25) is 0 Å². The number of benzene rings is 2. The van der Waals surface area contributed by atoms with E-state index in [2.05, 4.69) is 4.57 Å². The molecular formula is C19H18Cl2N2O. The van der Waals surface area contributed by atoms with E-state index in [1.165, 1.54) is 5.56 Å². The fourth-order valence-electron chi connectivity index (χ4n) is 3.26. The molecule has 1 aliphatic rings. The van der Waals surface area contributed by atoms with Crippen molar-refractivity contribution >= 4 is 34.2 Å². The number of rotatable bonds is 4. The van der Waals surface area contributed by atoms with E-state index in [1.54, 1.807) is 0 Å². The third-order valence-electron chi connectivity index (χ3n) is 4.48. The van der Waals surface area contributed by atoms with Gasteiger partial charge in [-0.15, -0.1) is 0 Å². The fraction of sp³-hybridized carbons (Fsp3) is 0.316. The summed E-state index contributed by atoms with van der Waals surface area (Å²) in [5.41, 5.74) is 3.23. The monoisotopic (exact) mass is 360 g/mol. The van der Waals surface area contributed by atoms with Gasteiger partial charge in [0.25, 0.3) is 0 Å². The van der Waals surface area contributed by atoms with Gasteiger partial charge in [0.15, 0.2) is 0 Å². The zero-order chi connectivity index (χ0) is 16.5. The maximum absolute atomic E-state index is 6.21. The summed E-state index contributed by atoms with van der Waals surface area (Å²) in [6.45, 7) is 1.67. The van der Waals surface area contributed by atoms with Crippen LogP contribution in [0.5, 0.6) is 0 Å². The van der Waals surface area contributed by atoms with Crippen molar-refractivity contribution in [1.82, 2.24) is 9.55 Å². The molecule has 1 saturated heterocycles. The van der Waals surface area contributed by atoms with E-state index in [1.807, 2.05) is 42.5 Å². The molecule has 0 saturated carbocycles. The smallest absolute Gasteiger partial charge is 0.114 e. The van der Waals surface area contributed by atoms with Crippen molar-refractivity contribution in [1.29, 1.82) is 0 Å². The molecule has 3 aromatic rings. The molecule has 1 atom stereocenters. The lowest BCUT2D eigenvalue weighted by Gasteiger charge is -2.14. The lowest BCUT2D eigenvalue weighted by atomic mass is 10.1. The Morgan fingerprint density at radius 2 is 1.88 bits per heavy atom. The molecule has 0 aliphatic carbocycles. The molecule has 0 N–H and O–H groups in total. The molecule has 24 heavy (non-hydrogen) atoms. The second-order valence-corrected chi connectivity index (χ2v) is 7.08. The minimum atomic E-state index is 0.255. The molecule has 0 bridgehead atoms. The van der Waals surface area contributed by atoms with Crippen LogP contribution in [0.4, 0.5) is 0 Å². The predicted octanol–water partition coefficient (Wildman–Crippen LogP) is 5.11. The highest BCUT2D eigenvalue weighted by Gasteiger charge is 2.20. The largest absolute Gasteiger partial charge is 0.376 e. The van der Waals surface area contributed by atoms with Crippen molar-refractivity contribution in [2.75, 3.05) is 6.61 Å². The van der Waals surface area contributed by atoms with Crippen molar-refractivity contribution in [2.24, 2.45) is 0 Å². The number of nitrogens with zero attached hydrogens (tertiary/aromatic N) is 2. The number of fused-ring (bicyclic) bond motifs is 1. The molecule has 2 aromatic carbocycles. The highest BCUT2D eigenvalue weighted by Crippen LogP contribution is 2.25. The van der Waals surface area contributed by atoms with Crippen LogP contribution in [0.3, 0.4) is 0 Å². The van der Waals surface area contributed by atoms with Gasteiger partial charge in [-0.05, 0) is 48.7 Å². The van der Waals surface area contributed by atoms with Crippen molar-refractivity contribution in [3.63, 3.8) is 0 Å². The highest BCUT2D eigenvalue weighted by molar-refractivity contribution is 6.31. The summed E-state index contributed by atoms with van der Waals surface area (Å²) in [7, 11) is 0. The molecule has 1 aromatic heterocycles. The first kappa shape index (κ1) is 15.9. The summed E-state index contributed by atoms with van der Waals surface area (Å²) >= 11 is 12.2.